The Bertz CT molecular complexity index is 500. The lowest BCUT2D eigenvalue weighted by molar-refractivity contribution is -0.145. The molecule has 5 nitrogen and oxygen atoms in total. The summed E-state index contributed by atoms with van der Waals surface area (Å²) in [5, 5.41) is 18.7. The van der Waals surface area contributed by atoms with E-state index in [1.807, 2.05) is 6.07 Å². The molecule has 0 aromatic heterocycles. The number of rotatable bonds is 4. The van der Waals surface area contributed by atoms with Crippen molar-refractivity contribution < 1.29 is 19.8 Å². The van der Waals surface area contributed by atoms with E-state index in [9.17, 15) is 14.7 Å². The fourth-order valence-corrected chi connectivity index (χ4v) is 2.53. The SMILES string of the molecule is O=C(O)[C@@H]1CCCN(C(=O)CCc2ccccc2O)C1. The minimum absolute atomic E-state index is 0.0424. The Morgan fingerprint density at radius 2 is 2.05 bits per heavy atom. The van der Waals surface area contributed by atoms with Crippen molar-refractivity contribution in [3.8, 4) is 5.75 Å². The number of benzene rings is 1. The number of aliphatic carboxylic acids is 1. The van der Waals surface area contributed by atoms with Crippen LogP contribution in [0.2, 0.25) is 0 Å². The Kier molecular flexibility index (Phi) is 4.61. The van der Waals surface area contributed by atoms with Gasteiger partial charge in [-0.2, -0.15) is 0 Å². The molecule has 1 aliphatic rings. The Morgan fingerprint density at radius 1 is 1.30 bits per heavy atom. The van der Waals surface area contributed by atoms with Gasteiger partial charge < -0.3 is 15.1 Å². The predicted octanol–water partition coefficient (Wildman–Crippen LogP) is 1.65. The number of likely N-dealkylation sites (tertiary alicyclic amines) is 1. The molecule has 1 aromatic rings. The minimum atomic E-state index is -0.830. The van der Waals surface area contributed by atoms with Gasteiger partial charge in [-0.05, 0) is 30.9 Å². The maximum atomic E-state index is 12.1. The second kappa shape index (κ2) is 6.41. The van der Waals surface area contributed by atoms with E-state index in [0.29, 0.717) is 32.4 Å². The molecule has 0 saturated carbocycles. The van der Waals surface area contributed by atoms with E-state index in [2.05, 4.69) is 0 Å². The number of carbonyl (C=O) groups is 2. The summed E-state index contributed by atoms with van der Waals surface area (Å²) in [5.74, 6) is -1.12. The van der Waals surface area contributed by atoms with Crippen molar-refractivity contribution in [3.05, 3.63) is 29.8 Å². The summed E-state index contributed by atoms with van der Waals surface area (Å²) in [6.45, 7) is 0.929. The molecule has 1 heterocycles. The molecule has 1 aliphatic heterocycles. The molecule has 1 saturated heterocycles. The number of aryl methyl sites for hydroxylation is 1. The second-order valence-corrected chi connectivity index (χ2v) is 5.15. The molecule has 1 fully saturated rings. The molecule has 1 atom stereocenters. The van der Waals surface area contributed by atoms with Gasteiger partial charge in [0.25, 0.3) is 0 Å². The van der Waals surface area contributed by atoms with Gasteiger partial charge in [0.05, 0.1) is 5.92 Å². The van der Waals surface area contributed by atoms with Crippen LogP contribution in [0.5, 0.6) is 5.75 Å². The lowest BCUT2D eigenvalue weighted by Gasteiger charge is -2.30. The van der Waals surface area contributed by atoms with Gasteiger partial charge in [0.1, 0.15) is 5.75 Å². The summed E-state index contributed by atoms with van der Waals surface area (Å²) < 4.78 is 0. The van der Waals surface area contributed by atoms with Gasteiger partial charge in [-0.3, -0.25) is 9.59 Å². The number of para-hydroxylation sites is 1. The van der Waals surface area contributed by atoms with E-state index >= 15 is 0 Å². The number of carboxylic acids is 1. The highest BCUT2D eigenvalue weighted by Gasteiger charge is 2.27. The molecule has 0 bridgehead atoms. The Labute approximate surface area is 117 Å². The first-order valence-corrected chi connectivity index (χ1v) is 6.85. The van der Waals surface area contributed by atoms with Crippen LogP contribution in [0.25, 0.3) is 0 Å². The molecule has 108 valence electrons. The number of aromatic hydroxyl groups is 1. The first-order chi connectivity index (χ1) is 9.58. The van der Waals surface area contributed by atoms with Gasteiger partial charge in [-0.25, -0.2) is 0 Å². The fraction of sp³-hybridized carbons (Fsp3) is 0.467. The zero-order chi connectivity index (χ0) is 14.5. The molecule has 5 heteroatoms. The highest BCUT2D eigenvalue weighted by molar-refractivity contribution is 5.78. The van der Waals surface area contributed by atoms with Crippen molar-refractivity contribution >= 4 is 11.9 Å². The maximum Gasteiger partial charge on any atom is 0.308 e. The summed E-state index contributed by atoms with van der Waals surface area (Å²) in [5.41, 5.74) is 0.743. The summed E-state index contributed by atoms with van der Waals surface area (Å²) in [7, 11) is 0. The molecule has 0 radical (unpaired) electrons. The zero-order valence-corrected chi connectivity index (χ0v) is 11.3. The van der Waals surface area contributed by atoms with Crippen molar-refractivity contribution in [1.82, 2.24) is 4.90 Å². The van der Waals surface area contributed by atoms with E-state index in [-0.39, 0.29) is 11.7 Å². The van der Waals surface area contributed by atoms with Crippen LogP contribution in [0.3, 0.4) is 0 Å². The van der Waals surface area contributed by atoms with Crippen LogP contribution in [0.1, 0.15) is 24.8 Å². The molecule has 2 N–H and O–H groups in total. The number of carbonyl (C=O) groups excluding carboxylic acids is 1. The standard InChI is InChI=1S/C15H19NO4/c17-13-6-2-1-4-11(13)7-8-14(18)16-9-3-5-12(10-16)15(19)20/h1-2,4,6,12,17H,3,5,7-10H2,(H,19,20)/t12-/m1/s1. The number of nitrogens with zero attached hydrogens (tertiary/aromatic N) is 1. The van der Waals surface area contributed by atoms with Gasteiger partial charge in [0.15, 0.2) is 0 Å². The predicted molar refractivity (Wildman–Crippen MR) is 73.4 cm³/mol. The molecule has 1 amide bonds. The number of carboxylic acid groups (broad SMARTS) is 1. The number of phenols is 1. The van der Waals surface area contributed by atoms with Gasteiger partial charge in [0, 0.05) is 19.5 Å². The molecule has 2 rings (SSSR count). The normalized spacial score (nSPS) is 18.8. The van der Waals surface area contributed by atoms with E-state index < -0.39 is 11.9 Å². The monoisotopic (exact) mass is 277 g/mol. The number of hydrogen-bond acceptors (Lipinski definition) is 3. The topological polar surface area (TPSA) is 77.8 Å². The third-order valence-electron chi connectivity index (χ3n) is 3.72. The maximum absolute atomic E-state index is 12.1. The van der Waals surface area contributed by atoms with E-state index in [0.717, 1.165) is 12.0 Å². The van der Waals surface area contributed by atoms with Crippen molar-refractivity contribution in [2.24, 2.45) is 5.92 Å². The fourth-order valence-electron chi connectivity index (χ4n) is 2.53. The quantitative estimate of drug-likeness (QED) is 0.877. The van der Waals surface area contributed by atoms with Crippen LogP contribution < -0.4 is 0 Å². The summed E-state index contributed by atoms with van der Waals surface area (Å²) in [4.78, 5) is 24.7. The third kappa shape index (κ3) is 3.50. The summed E-state index contributed by atoms with van der Waals surface area (Å²) >= 11 is 0. The van der Waals surface area contributed by atoms with Crippen LogP contribution in [-0.2, 0) is 16.0 Å². The number of hydrogen-bond donors (Lipinski definition) is 2. The van der Waals surface area contributed by atoms with Crippen molar-refractivity contribution in [3.63, 3.8) is 0 Å². The minimum Gasteiger partial charge on any atom is -0.508 e. The molecule has 1 aromatic carbocycles. The smallest absolute Gasteiger partial charge is 0.308 e. The zero-order valence-electron chi connectivity index (χ0n) is 11.3. The van der Waals surface area contributed by atoms with Crippen LogP contribution in [-0.4, -0.2) is 40.1 Å². The lowest BCUT2D eigenvalue weighted by atomic mass is 9.97. The Hall–Kier alpha value is -2.04. The number of amides is 1. The van der Waals surface area contributed by atoms with E-state index in [1.165, 1.54) is 0 Å². The van der Waals surface area contributed by atoms with Gasteiger partial charge in [-0.15, -0.1) is 0 Å². The Balaban J connectivity index is 1.89. The van der Waals surface area contributed by atoms with Gasteiger partial charge >= 0.3 is 5.97 Å². The second-order valence-electron chi connectivity index (χ2n) is 5.15. The molecule has 20 heavy (non-hydrogen) atoms. The van der Waals surface area contributed by atoms with Crippen LogP contribution in [0.15, 0.2) is 24.3 Å². The Morgan fingerprint density at radius 3 is 2.75 bits per heavy atom. The average molecular weight is 277 g/mol. The largest absolute Gasteiger partial charge is 0.508 e. The van der Waals surface area contributed by atoms with Crippen LogP contribution in [0.4, 0.5) is 0 Å². The highest BCUT2D eigenvalue weighted by Crippen LogP contribution is 2.20. The van der Waals surface area contributed by atoms with Crippen LogP contribution in [0, 0.1) is 5.92 Å². The summed E-state index contributed by atoms with van der Waals surface area (Å²) in [6, 6.07) is 6.95. The number of phenolic OH excluding ortho intramolecular Hbond substituents is 1. The molecule has 0 spiro atoms. The van der Waals surface area contributed by atoms with Crippen molar-refractivity contribution in [2.45, 2.75) is 25.7 Å². The molecular formula is C15H19NO4. The van der Waals surface area contributed by atoms with Crippen molar-refractivity contribution in [2.75, 3.05) is 13.1 Å². The van der Waals surface area contributed by atoms with Crippen molar-refractivity contribution in [1.29, 1.82) is 0 Å². The number of piperidine rings is 1. The van der Waals surface area contributed by atoms with Gasteiger partial charge in [-0.1, -0.05) is 18.2 Å². The van der Waals surface area contributed by atoms with Gasteiger partial charge in [0.2, 0.25) is 5.91 Å². The molecular weight excluding hydrogens is 258 g/mol. The van der Waals surface area contributed by atoms with Crippen LogP contribution >= 0.6 is 0 Å². The first kappa shape index (κ1) is 14.4. The first-order valence-electron chi connectivity index (χ1n) is 6.85. The summed E-state index contributed by atoms with van der Waals surface area (Å²) in [6.07, 6.45) is 2.14. The third-order valence-corrected chi connectivity index (χ3v) is 3.72. The molecule has 0 aliphatic carbocycles. The molecule has 0 unspecified atom stereocenters. The highest BCUT2D eigenvalue weighted by atomic mass is 16.4. The lowest BCUT2D eigenvalue weighted by Crippen LogP contribution is -2.42. The van der Waals surface area contributed by atoms with E-state index in [4.69, 9.17) is 5.11 Å². The van der Waals surface area contributed by atoms with E-state index in [1.54, 1.807) is 23.1 Å². The average Bonchev–Trinajstić information content (AvgIpc) is 2.46.